The zero-order valence-electron chi connectivity index (χ0n) is 13.1. The minimum absolute atomic E-state index is 0. The number of nitrogens with one attached hydrogen (secondary N) is 2. The van der Waals surface area contributed by atoms with Gasteiger partial charge in [0.05, 0.1) is 17.2 Å². The summed E-state index contributed by atoms with van der Waals surface area (Å²) in [6.07, 6.45) is 0. The number of benzene rings is 1. The van der Waals surface area contributed by atoms with Gasteiger partial charge in [-0.05, 0) is 32.0 Å². The molecule has 0 spiro atoms. The highest BCUT2D eigenvalue weighted by Gasteiger charge is 2.07. The minimum atomic E-state index is -0.461. The number of rotatable bonds is 4. The molecule has 2 rings (SSSR count). The molecule has 1 aromatic carbocycles. The summed E-state index contributed by atoms with van der Waals surface area (Å²) in [6, 6.07) is 3.39. The number of aliphatic imine (C=N–C) groups is 1. The van der Waals surface area contributed by atoms with E-state index in [0.717, 1.165) is 27.7 Å². The number of halogens is 3. The number of nitrogens with zero attached hydrogens (tertiary/aromatic N) is 2. The van der Waals surface area contributed by atoms with E-state index < -0.39 is 11.6 Å². The molecule has 0 saturated carbocycles. The lowest BCUT2D eigenvalue weighted by Crippen LogP contribution is -2.36. The van der Waals surface area contributed by atoms with Gasteiger partial charge in [0.25, 0.3) is 0 Å². The maximum Gasteiger partial charge on any atom is 0.191 e. The van der Waals surface area contributed by atoms with Crippen LogP contribution in [0.5, 0.6) is 0 Å². The Kier molecular flexibility index (Phi) is 7.83. The lowest BCUT2D eigenvalue weighted by Gasteiger charge is -2.12. The molecule has 4 nitrogen and oxygen atoms in total. The fourth-order valence-electron chi connectivity index (χ4n) is 1.98. The molecule has 0 atom stereocenters. The van der Waals surface area contributed by atoms with Gasteiger partial charge in [-0.1, -0.05) is 0 Å². The highest BCUT2D eigenvalue weighted by atomic mass is 127. The smallest absolute Gasteiger partial charge is 0.191 e. The summed E-state index contributed by atoms with van der Waals surface area (Å²) in [5.74, 6) is -0.385. The van der Waals surface area contributed by atoms with Crippen LogP contribution in [-0.4, -0.2) is 18.0 Å². The fraction of sp³-hybridized carbons (Fsp3) is 0.333. The molecule has 0 amide bonds. The topological polar surface area (TPSA) is 49.3 Å². The van der Waals surface area contributed by atoms with Crippen LogP contribution >= 0.6 is 35.3 Å². The van der Waals surface area contributed by atoms with Gasteiger partial charge in [0.2, 0.25) is 0 Å². The molecule has 8 heteroatoms. The highest BCUT2D eigenvalue weighted by molar-refractivity contribution is 14.0. The van der Waals surface area contributed by atoms with E-state index in [9.17, 15) is 8.78 Å². The van der Waals surface area contributed by atoms with E-state index in [4.69, 9.17) is 0 Å². The summed E-state index contributed by atoms with van der Waals surface area (Å²) in [5, 5.41) is 7.12. The van der Waals surface area contributed by atoms with E-state index in [1.807, 2.05) is 13.8 Å². The molecular weight excluding hydrogens is 433 g/mol. The highest BCUT2D eigenvalue weighted by Crippen LogP contribution is 2.16. The summed E-state index contributed by atoms with van der Waals surface area (Å²) < 4.78 is 26.7. The second kappa shape index (κ2) is 9.11. The summed E-state index contributed by atoms with van der Waals surface area (Å²) in [6.45, 7) is 4.66. The molecule has 1 aromatic heterocycles. The van der Waals surface area contributed by atoms with Crippen molar-refractivity contribution in [3.8, 4) is 0 Å². The average molecular weight is 452 g/mol. The third-order valence-corrected chi connectivity index (χ3v) is 4.17. The first-order valence-electron chi connectivity index (χ1n) is 6.81. The summed E-state index contributed by atoms with van der Waals surface area (Å²) in [7, 11) is 1.63. The van der Waals surface area contributed by atoms with Crippen molar-refractivity contribution in [3.05, 3.63) is 51.0 Å². The Morgan fingerprint density at radius 3 is 2.52 bits per heavy atom. The normalized spacial score (nSPS) is 11.1. The first-order valence-corrected chi connectivity index (χ1v) is 7.62. The zero-order chi connectivity index (χ0) is 16.1. The van der Waals surface area contributed by atoms with Crippen LogP contribution in [0.2, 0.25) is 0 Å². The van der Waals surface area contributed by atoms with E-state index in [0.29, 0.717) is 12.5 Å². The van der Waals surface area contributed by atoms with Crippen molar-refractivity contribution in [1.29, 1.82) is 0 Å². The van der Waals surface area contributed by atoms with E-state index in [-0.39, 0.29) is 36.1 Å². The van der Waals surface area contributed by atoms with Crippen LogP contribution in [0.15, 0.2) is 23.2 Å². The van der Waals surface area contributed by atoms with Crippen LogP contribution in [0.4, 0.5) is 8.78 Å². The van der Waals surface area contributed by atoms with Gasteiger partial charge in [-0.25, -0.2) is 13.8 Å². The molecule has 0 radical (unpaired) electrons. The van der Waals surface area contributed by atoms with Gasteiger partial charge in [0.1, 0.15) is 11.6 Å². The van der Waals surface area contributed by atoms with E-state index in [2.05, 4.69) is 20.6 Å². The number of aryl methyl sites for hydroxylation is 2. The lowest BCUT2D eigenvalue weighted by atomic mass is 10.2. The summed E-state index contributed by atoms with van der Waals surface area (Å²) in [5.41, 5.74) is 1.24. The van der Waals surface area contributed by atoms with Crippen LogP contribution < -0.4 is 10.6 Å². The molecule has 0 bridgehead atoms. The lowest BCUT2D eigenvalue weighted by molar-refractivity contribution is 0.581. The predicted molar refractivity (Wildman–Crippen MR) is 100 cm³/mol. The zero-order valence-corrected chi connectivity index (χ0v) is 16.3. The standard InChI is InChI=1S/C15H18F2N4S.HI/c1-9-14(22-10(2)21-9)8-20-15(18-3)19-7-11-6-12(16)4-5-13(11)17;/h4-6H,7-8H2,1-3H3,(H2,18,19,20);1H. The van der Waals surface area contributed by atoms with Crippen molar-refractivity contribution in [2.75, 3.05) is 7.05 Å². The van der Waals surface area contributed by atoms with Crippen molar-refractivity contribution in [2.24, 2.45) is 4.99 Å². The van der Waals surface area contributed by atoms with Gasteiger partial charge in [0, 0.05) is 24.0 Å². The largest absolute Gasteiger partial charge is 0.352 e. The van der Waals surface area contributed by atoms with Gasteiger partial charge >= 0.3 is 0 Å². The Hall–Kier alpha value is -1.29. The van der Waals surface area contributed by atoms with Crippen LogP contribution in [0.25, 0.3) is 0 Å². The first kappa shape index (κ1) is 19.8. The molecule has 0 aliphatic carbocycles. The Morgan fingerprint density at radius 2 is 1.91 bits per heavy atom. The molecule has 126 valence electrons. The van der Waals surface area contributed by atoms with Crippen molar-refractivity contribution in [1.82, 2.24) is 15.6 Å². The Balaban J connectivity index is 0.00000264. The van der Waals surface area contributed by atoms with Crippen LogP contribution in [0.1, 0.15) is 21.1 Å². The van der Waals surface area contributed by atoms with E-state index >= 15 is 0 Å². The Labute approximate surface area is 155 Å². The van der Waals surface area contributed by atoms with Gasteiger partial charge in [-0.15, -0.1) is 35.3 Å². The van der Waals surface area contributed by atoms with E-state index in [1.165, 1.54) is 6.07 Å². The SMILES string of the molecule is CN=C(NCc1cc(F)ccc1F)NCc1sc(C)nc1C.I. The van der Waals surface area contributed by atoms with Crippen LogP contribution in [0, 0.1) is 25.5 Å². The monoisotopic (exact) mass is 452 g/mol. The van der Waals surface area contributed by atoms with Crippen molar-refractivity contribution in [2.45, 2.75) is 26.9 Å². The average Bonchev–Trinajstić information content (AvgIpc) is 2.80. The second-order valence-corrected chi connectivity index (χ2v) is 6.04. The molecule has 0 aliphatic heterocycles. The van der Waals surface area contributed by atoms with Crippen molar-refractivity contribution >= 4 is 41.3 Å². The molecule has 0 fully saturated rings. The van der Waals surface area contributed by atoms with Gasteiger partial charge in [-0.2, -0.15) is 0 Å². The van der Waals surface area contributed by atoms with Gasteiger partial charge in [-0.3, -0.25) is 4.99 Å². The van der Waals surface area contributed by atoms with Gasteiger partial charge < -0.3 is 10.6 Å². The third-order valence-electron chi connectivity index (χ3n) is 3.09. The third kappa shape index (κ3) is 5.69. The fourth-order valence-corrected chi connectivity index (χ4v) is 2.86. The Morgan fingerprint density at radius 1 is 1.22 bits per heavy atom. The summed E-state index contributed by atoms with van der Waals surface area (Å²) in [4.78, 5) is 9.55. The number of aromatic nitrogens is 1. The number of thiazole rings is 1. The van der Waals surface area contributed by atoms with Crippen LogP contribution in [-0.2, 0) is 13.1 Å². The molecule has 2 N–H and O–H groups in total. The number of hydrogen-bond donors (Lipinski definition) is 2. The molecule has 0 aliphatic rings. The molecule has 1 heterocycles. The molecule has 23 heavy (non-hydrogen) atoms. The molecule has 0 unspecified atom stereocenters. The van der Waals surface area contributed by atoms with E-state index in [1.54, 1.807) is 18.4 Å². The minimum Gasteiger partial charge on any atom is -0.352 e. The molecular formula is C15H19F2IN4S. The maximum absolute atomic E-state index is 13.6. The molecule has 2 aromatic rings. The second-order valence-electron chi connectivity index (χ2n) is 4.76. The van der Waals surface area contributed by atoms with Crippen LogP contribution in [0.3, 0.4) is 0 Å². The van der Waals surface area contributed by atoms with Gasteiger partial charge in [0.15, 0.2) is 5.96 Å². The number of hydrogen-bond acceptors (Lipinski definition) is 3. The van der Waals surface area contributed by atoms with Crippen molar-refractivity contribution < 1.29 is 8.78 Å². The summed E-state index contributed by atoms with van der Waals surface area (Å²) >= 11 is 1.62. The first-order chi connectivity index (χ1) is 10.5. The van der Waals surface area contributed by atoms with Crippen molar-refractivity contribution in [3.63, 3.8) is 0 Å². The maximum atomic E-state index is 13.6. The number of guanidine groups is 1. The Bertz CT molecular complexity index is 688. The molecule has 0 saturated heterocycles. The predicted octanol–water partition coefficient (Wildman–Crippen LogP) is 3.52. The quantitative estimate of drug-likeness (QED) is 0.424.